The Morgan fingerprint density at radius 2 is 1.94 bits per heavy atom. The molecule has 0 atom stereocenters. The van der Waals surface area contributed by atoms with E-state index in [1.165, 1.54) is 17.0 Å². The molecule has 84 valence electrons. The van der Waals surface area contributed by atoms with E-state index in [1.54, 1.807) is 11.3 Å². The van der Waals surface area contributed by atoms with Crippen LogP contribution in [-0.2, 0) is 6.42 Å². The maximum absolute atomic E-state index is 12.7. The molecule has 0 fully saturated rings. The highest BCUT2D eigenvalue weighted by Crippen LogP contribution is 2.23. The number of halogens is 1. The standard InChI is InChI=1S/C13H14FNS/c1-9(2)13-15-8-12(16-13)7-10-3-5-11(14)6-4-10/h3-6,8-9H,7H2,1-2H3. The third-order valence-electron chi connectivity index (χ3n) is 2.36. The van der Waals surface area contributed by atoms with Crippen molar-refractivity contribution in [1.82, 2.24) is 4.98 Å². The van der Waals surface area contributed by atoms with E-state index < -0.39 is 0 Å². The fraction of sp³-hybridized carbons (Fsp3) is 0.308. The highest BCUT2D eigenvalue weighted by atomic mass is 32.1. The van der Waals surface area contributed by atoms with Gasteiger partial charge in [-0.1, -0.05) is 26.0 Å². The zero-order valence-corrected chi connectivity index (χ0v) is 10.2. The highest BCUT2D eigenvalue weighted by molar-refractivity contribution is 7.11. The lowest BCUT2D eigenvalue weighted by atomic mass is 10.1. The van der Waals surface area contributed by atoms with Crippen LogP contribution in [0.4, 0.5) is 4.39 Å². The maximum Gasteiger partial charge on any atom is 0.123 e. The molecule has 1 aromatic carbocycles. The van der Waals surface area contributed by atoms with Crippen LogP contribution >= 0.6 is 11.3 Å². The Kier molecular flexibility index (Phi) is 3.34. The van der Waals surface area contributed by atoms with Crippen molar-refractivity contribution in [3.63, 3.8) is 0 Å². The summed E-state index contributed by atoms with van der Waals surface area (Å²) < 4.78 is 12.7. The molecule has 1 aromatic heterocycles. The molecule has 0 aliphatic carbocycles. The second kappa shape index (κ2) is 4.74. The Bertz CT molecular complexity index is 459. The van der Waals surface area contributed by atoms with Crippen molar-refractivity contribution in [3.8, 4) is 0 Å². The molecule has 0 radical (unpaired) electrons. The lowest BCUT2D eigenvalue weighted by Crippen LogP contribution is -1.84. The monoisotopic (exact) mass is 235 g/mol. The average Bonchev–Trinajstić information content (AvgIpc) is 2.70. The van der Waals surface area contributed by atoms with Crippen LogP contribution in [0, 0.1) is 5.82 Å². The molecule has 0 unspecified atom stereocenters. The van der Waals surface area contributed by atoms with Crippen molar-refractivity contribution < 1.29 is 4.39 Å². The van der Waals surface area contributed by atoms with Gasteiger partial charge in [-0.05, 0) is 17.7 Å². The molecular weight excluding hydrogens is 221 g/mol. The minimum Gasteiger partial charge on any atom is -0.249 e. The Labute approximate surface area is 99.0 Å². The van der Waals surface area contributed by atoms with E-state index in [1.807, 2.05) is 18.3 Å². The van der Waals surface area contributed by atoms with Gasteiger partial charge in [0.15, 0.2) is 0 Å². The average molecular weight is 235 g/mol. The molecule has 16 heavy (non-hydrogen) atoms. The first-order chi connectivity index (χ1) is 7.65. The van der Waals surface area contributed by atoms with Crippen LogP contribution in [0.15, 0.2) is 30.5 Å². The molecular formula is C13H14FNS. The predicted octanol–water partition coefficient (Wildman–Crippen LogP) is 4.00. The van der Waals surface area contributed by atoms with E-state index in [0.717, 1.165) is 17.0 Å². The van der Waals surface area contributed by atoms with Gasteiger partial charge in [0.05, 0.1) is 5.01 Å². The first kappa shape index (κ1) is 11.3. The Morgan fingerprint density at radius 1 is 1.25 bits per heavy atom. The molecule has 0 aliphatic rings. The third-order valence-corrected chi connectivity index (χ3v) is 3.65. The summed E-state index contributed by atoms with van der Waals surface area (Å²) in [6.07, 6.45) is 2.76. The number of hydrogen-bond donors (Lipinski definition) is 0. The smallest absolute Gasteiger partial charge is 0.123 e. The molecule has 0 bridgehead atoms. The van der Waals surface area contributed by atoms with Gasteiger partial charge in [-0.3, -0.25) is 0 Å². The summed E-state index contributed by atoms with van der Waals surface area (Å²) in [4.78, 5) is 5.61. The molecule has 0 aliphatic heterocycles. The third kappa shape index (κ3) is 2.67. The van der Waals surface area contributed by atoms with Crippen LogP contribution in [0.5, 0.6) is 0 Å². The Balaban J connectivity index is 2.11. The van der Waals surface area contributed by atoms with Crippen molar-refractivity contribution in [2.45, 2.75) is 26.2 Å². The fourth-order valence-electron chi connectivity index (χ4n) is 1.47. The summed E-state index contributed by atoms with van der Waals surface area (Å²) >= 11 is 1.74. The summed E-state index contributed by atoms with van der Waals surface area (Å²) in [5.41, 5.74) is 1.13. The zero-order valence-electron chi connectivity index (χ0n) is 9.40. The van der Waals surface area contributed by atoms with Gasteiger partial charge >= 0.3 is 0 Å². The van der Waals surface area contributed by atoms with Gasteiger partial charge in [-0.15, -0.1) is 11.3 Å². The minimum atomic E-state index is -0.184. The quantitative estimate of drug-likeness (QED) is 0.783. The maximum atomic E-state index is 12.7. The van der Waals surface area contributed by atoms with E-state index in [-0.39, 0.29) is 5.82 Å². The SMILES string of the molecule is CC(C)c1ncc(Cc2ccc(F)cc2)s1. The van der Waals surface area contributed by atoms with Crippen LogP contribution in [0.3, 0.4) is 0 Å². The van der Waals surface area contributed by atoms with E-state index >= 15 is 0 Å². The van der Waals surface area contributed by atoms with Crippen LogP contribution in [-0.4, -0.2) is 4.98 Å². The normalized spacial score (nSPS) is 11.0. The molecule has 0 N–H and O–H groups in total. The summed E-state index contributed by atoms with van der Waals surface area (Å²) in [5, 5.41) is 1.16. The number of hydrogen-bond acceptors (Lipinski definition) is 2. The minimum absolute atomic E-state index is 0.184. The highest BCUT2D eigenvalue weighted by Gasteiger charge is 2.06. The topological polar surface area (TPSA) is 12.9 Å². The molecule has 2 rings (SSSR count). The van der Waals surface area contributed by atoms with Crippen LogP contribution < -0.4 is 0 Å². The number of aromatic nitrogens is 1. The second-order valence-electron chi connectivity index (χ2n) is 4.12. The van der Waals surface area contributed by atoms with Gasteiger partial charge in [0.25, 0.3) is 0 Å². The number of nitrogens with zero attached hydrogens (tertiary/aromatic N) is 1. The lowest BCUT2D eigenvalue weighted by molar-refractivity contribution is 0.627. The van der Waals surface area contributed by atoms with Gasteiger partial charge < -0.3 is 0 Å². The summed E-state index contributed by atoms with van der Waals surface area (Å²) in [6, 6.07) is 6.65. The molecule has 1 heterocycles. The fourth-order valence-corrected chi connectivity index (χ4v) is 2.43. The molecule has 3 heteroatoms. The molecule has 0 saturated heterocycles. The van der Waals surface area contributed by atoms with Crippen molar-refractivity contribution >= 4 is 11.3 Å². The molecule has 2 aromatic rings. The Morgan fingerprint density at radius 3 is 2.50 bits per heavy atom. The second-order valence-corrected chi connectivity index (χ2v) is 5.27. The zero-order chi connectivity index (χ0) is 11.5. The van der Waals surface area contributed by atoms with Crippen LogP contribution in [0.2, 0.25) is 0 Å². The van der Waals surface area contributed by atoms with E-state index in [9.17, 15) is 4.39 Å². The van der Waals surface area contributed by atoms with Gasteiger partial charge in [0.2, 0.25) is 0 Å². The summed E-state index contributed by atoms with van der Waals surface area (Å²) in [5.74, 6) is 0.294. The van der Waals surface area contributed by atoms with E-state index in [2.05, 4.69) is 18.8 Å². The summed E-state index contributed by atoms with van der Waals surface area (Å²) in [7, 11) is 0. The van der Waals surface area contributed by atoms with Crippen LogP contribution in [0.25, 0.3) is 0 Å². The molecule has 1 nitrogen and oxygen atoms in total. The Hall–Kier alpha value is -1.22. The van der Waals surface area contributed by atoms with Gasteiger partial charge in [0, 0.05) is 23.4 Å². The van der Waals surface area contributed by atoms with Gasteiger partial charge in [-0.2, -0.15) is 0 Å². The van der Waals surface area contributed by atoms with Crippen molar-refractivity contribution in [2.75, 3.05) is 0 Å². The van der Waals surface area contributed by atoms with Crippen molar-refractivity contribution in [1.29, 1.82) is 0 Å². The van der Waals surface area contributed by atoms with Gasteiger partial charge in [-0.25, -0.2) is 9.37 Å². The number of rotatable bonds is 3. The predicted molar refractivity (Wildman–Crippen MR) is 65.4 cm³/mol. The number of benzene rings is 1. The summed E-state index contributed by atoms with van der Waals surface area (Å²) in [6.45, 7) is 4.28. The van der Waals surface area contributed by atoms with E-state index in [0.29, 0.717) is 5.92 Å². The number of thiazole rings is 1. The first-order valence-electron chi connectivity index (χ1n) is 5.34. The van der Waals surface area contributed by atoms with E-state index in [4.69, 9.17) is 0 Å². The largest absolute Gasteiger partial charge is 0.249 e. The molecule has 0 amide bonds. The molecule has 0 spiro atoms. The van der Waals surface area contributed by atoms with Crippen molar-refractivity contribution in [3.05, 3.63) is 51.7 Å². The van der Waals surface area contributed by atoms with Gasteiger partial charge in [0.1, 0.15) is 5.82 Å². The first-order valence-corrected chi connectivity index (χ1v) is 6.16. The lowest BCUT2D eigenvalue weighted by Gasteiger charge is -1.98. The van der Waals surface area contributed by atoms with Crippen molar-refractivity contribution in [2.24, 2.45) is 0 Å². The molecule has 0 saturated carbocycles. The van der Waals surface area contributed by atoms with Crippen LogP contribution in [0.1, 0.15) is 35.2 Å².